The number of ether oxygens (including phenoxy) is 1. The Bertz CT molecular complexity index is 599. The Balaban J connectivity index is 1.62. The van der Waals surface area contributed by atoms with Gasteiger partial charge in [-0.2, -0.15) is 0 Å². The molecule has 3 rings (SSSR count). The molecule has 20 heavy (non-hydrogen) atoms. The van der Waals surface area contributed by atoms with Crippen LogP contribution >= 0.6 is 0 Å². The van der Waals surface area contributed by atoms with Gasteiger partial charge in [0.15, 0.2) is 11.6 Å². The van der Waals surface area contributed by atoms with Gasteiger partial charge >= 0.3 is 0 Å². The predicted octanol–water partition coefficient (Wildman–Crippen LogP) is 3.83. The summed E-state index contributed by atoms with van der Waals surface area (Å²) in [5.74, 6) is 0.565. The minimum absolute atomic E-state index is 0.303. The van der Waals surface area contributed by atoms with Crippen LogP contribution in [0.15, 0.2) is 48.5 Å². The maximum Gasteiger partial charge on any atom is 0.165 e. The van der Waals surface area contributed by atoms with Gasteiger partial charge in [-0.1, -0.05) is 37.3 Å². The zero-order valence-electron chi connectivity index (χ0n) is 11.6. The molecule has 2 aromatic carbocycles. The van der Waals surface area contributed by atoms with E-state index in [0.29, 0.717) is 18.3 Å². The molecule has 0 spiro atoms. The fourth-order valence-electron chi connectivity index (χ4n) is 2.76. The Kier molecular flexibility index (Phi) is 3.59. The maximum absolute atomic E-state index is 13.5. The summed E-state index contributed by atoms with van der Waals surface area (Å²) in [6.07, 6.45) is 0. The standard InChI is InChI=1S/C17H18FNO/c1-13-12-19(16-8-4-2-6-14(13)16)10-11-20-17-9-5-3-7-15(17)18/h2-9,13H,10-12H2,1H3. The Morgan fingerprint density at radius 1 is 1.15 bits per heavy atom. The van der Waals surface area contributed by atoms with Crippen LogP contribution in [-0.2, 0) is 0 Å². The van der Waals surface area contributed by atoms with E-state index in [1.807, 2.05) is 0 Å². The molecule has 0 radical (unpaired) electrons. The summed E-state index contributed by atoms with van der Waals surface area (Å²) in [5, 5.41) is 0. The van der Waals surface area contributed by atoms with Gasteiger partial charge in [0.2, 0.25) is 0 Å². The SMILES string of the molecule is CC1CN(CCOc2ccccc2F)c2ccccc21. The highest BCUT2D eigenvalue weighted by molar-refractivity contribution is 5.59. The molecule has 0 amide bonds. The lowest BCUT2D eigenvalue weighted by molar-refractivity contribution is 0.307. The molecular weight excluding hydrogens is 253 g/mol. The molecule has 0 saturated heterocycles. The molecule has 1 aliphatic heterocycles. The van der Waals surface area contributed by atoms with Gasteiger partial charge in [0.1, 0.15) is 6.61 Å². The molecular formula is C17H18FNO. The summed E-state index contributed by atoms with van der Waals surface area (Å²) in [6.45, 7) is 4.49. The number of fused-ring (bicyclic) bond motifs is 1. The number of halogens is 1. The minimum atomic E-state index is -0.303. The van der Waals surface area contributed by atoms with Crippen molar-refractivity contribution in [2.45, 2.75) is 12.8 Å². The number of rotatable bonds is 4. The monoisotopic (exact) mass is 271 g/mol. The summed E-state index contributed by atoms with van der Waals surface area (Å²) >= 11 is 0. The zero-order chi connectivity index (χ0) is 13.9. The first kappa shape index (κ1) is 13.0. The molecule has 104 valence electrons. The number of hydrogen-bond acceptors (Lipinski definition) is 2. The van der Waals surface area contributed by atoms with Gasteiger partial charge in [0.05, 0.1) is 6.54 Å². The van der Waals surface area contributed by atoms with Crippen molar-refractivity contribution >= 4 is 5.69 Å². The van der Waals surface area contributed by atoms with Crippen LogP contribution in [0.5, 0.6) is 5.75 Å². The van der Waals surface area contributed by atoms with Crippen LogP contribution < -0.4 is 9.64 Å². The Morgan fingerprint density at radius 2 is 1.90 bits per heavy atom. The first-order valence-electron chi connectivity index (χ1n) is 6.97. The molecule has 0 N–H and O–H groups in total. The molecule has 1 aliphatic rings. The van der Waals surface area contributed by atoms with Crippen molar-refractivity contribution in [3.8, 4) is 5.75 Å². The molecule has 2 aromatic rings. The van der Waals surface area contributed by atoms with E-state index in [0.717, 1.165) is 13.1 Å². The van der Waals surface area contributed by atoms with E-state index < -0.39 is 0 Å². The third-order valence-electron chi connectivity index (χ3n) is 3.76. The summed E-state index contributed by atoms with van der Waals surface area (Å²) in [7, 11) is 0. The van der Waals surface area contributed by atoms with E-state index in [9.17, 15) is 4.39 Å². The van der Waals surface area contributed by atoms with Crippen molar-refractivity contribution in [3.05, 3.63) is 59.9 Å². The first-order chi connectivity index (χ1) is 9.75. The average Bonchev–Trinajstić information content (AvgIpc) is 2.78. The fourth-order valence-corrected chi connectivity index (χ4v) is 2.76. The highest BCUT2D eigenvalue weighted by atomic mass is 19.1. The largest absolute Gasteiger partial charge is 0.489 e. The number of hydrogen-bond donors (Lipinski definition) is 0. The quantitative estimate of drug-likeness (QED) is 0.838. The van der Waals surface area contributed by atoms with Gasteiger partial charge in [-0.05, 0) is 23.8 Å². The lowest BCUT2D eigenvalue weighted by Crippen LogP contribution is -2.27. The Morgan fingerprint density at radius 3 is 2.75 bits per heavy atom. The predicted molar refractivity (Wildman–Crippen MR) is 79.0 cm³/mol. The van der Waals surface area contributed by atoms with E-state index in [-0.39, 0.29) is 5.82 Å². The topological polar surface area (TPSA) is 12.5 Å². The van der Waals surface area contributed by atoms with Crippen LogP contribution in [0.2, 0.25) is 0 Å². The van der Waals surface area contributed by atoms with Crippen molar-refractivity contribution in [2.75, 3.05) is 24.6 Å². The van der Waals surface area contributed by atoms with Gasteiger partial charge in [-0.3, -0.25) is 0 Å². The minimum Gasteiger partial charge on any atom is -0.489 e. The van der Waals surface area contributed by atoms with E-state index in [1.165, 1.54) is 17.3 Å². The van der Waals surface area contributed by atoms with E-state index in [1.54, 1.807) is 18.2 Å². The Hall–Kier alpha value is -2.03. The molecule has 3 heteroatoms. The van der Waals surface area contributed by atoms with Crippen LogP contribution in [-0.4, -0.2) is 19.7 Å². The van der Waals surface area contributed by atoms with Crippen molar-refractivity contribution in [1.29, 1.82) is 0 Å². The highest BCUT2D eigenvalue weighted by Crippen LogP contribution is 2.35. The van der Waals surface area contributed by atoms with Gasteiger partial charge in [0, 0.05) is 18.2 Å². The van der Waals surface area contributed by atoms with E-state index >= 15 is 0 Å². The summed E-state index contributed by atoms with van der Waals surface area (Å²) in [6, 6.07) is 15.0. The van der Waals surface area contributed by atoms with Crippen molar-refractivity contribution in [2.24, 2.45) is 0 Å². The third kappa shape index (κ3) is 2.48. The molecule has 2 nitrogen and oxygen atoms in total. The summed E-state index contributed by atoms with van der Waals surface area (Å²) in [4.78, 5) is 2.31. The summed E-state index contributed by atoms with van der Waals surface area (Å²) < 4.78 is 19.0. The van der Waals surface area contributed by atoms with E-state index in [4.69, 9.17) is 4.74 Å². The molecule has 1 heterocycles. The fraction of sp³-hybridized carbons (Fsp3) is 0.294. The molecule has 1 unspecified atom stereocenters. The number of nitrogens with zero attached hydrogens (tertiary/aromatic N) is 1. The van der Waals surface area contributed by atoms with Crippen molar-refractivity contribution < 1.29 is 9.13 Å². The Labute approximate surface area is 118 Å². The maximum atomic E-state index is 13.5. The van der Waals surface area contributed by atoms with Gasteiger partial charge in [-0.25, -0.2) is 4.39 Å². The normalized spacial score (nSPS) is 17.1. The smallest absolute Gasteiger partial charge is 0.165 e. The number of para-hydroxylation sites is 2. The average molecular weight is 271 g/mol. The number of anilines is 1. The molecule has 0 aromatic heterocycles. The summed E-state index contributed by atoms with van der Waals surface area (Å²) in [5.41, 5.74) is 2.66. The third-order valence-corrected chi connectivity index (χ3v) is 3.76. The first-order valence-corrected chi connectivity index (χ1v) is 6.97. The van der Waals surface area contributed by atoms with Crippen LogP contribution in [0.1, 0.15) is 18.4 Å². The second kappa shape index (κ2) is 5.53. The number of benzene rings is 2. The zero-order valence-corrected chi connectivity index (χ0v) is 11.6. The second-order valence-corrected chi connectivity index (χ2v) is 5.18. The van der Waals surface area contributed by atoms with Crippen molar-refractivity contribution in [1.82, 2.24) is 0 Å². The highest BCUT2D eigenvalue weighted by Gasteiger charge is 2.24. The van der Waals surface area contributed by atoms with Crippen LogP contribution in [0.4, 0.5) is 10.1 Å². The lowest BCUT2D eigenvalue weighted by Gasteiger charge is -2.19. The molecule has 0 bridgehead atoms. The lowest BCUT2D eigenvalue weighted by atomic mass is 10.0. The molecule has 0 aliphatic carbocycles. The van der Waals surface area contributed by atoms with Gasteiger partial charge < -0.3 is 9.64 Å². The molecule has 0 fully saturated rings. The van der Waals surface area contributed by atoms with Crippen LogP contribution in [0.3, 0.4) is 0 Å². The molecule has 1 atom stereocenters. The van der Waals surface area contributed by atoms with Crippen molar-refractivity contribution in [3.63, 3.8) is 0 Å². The second-order valence-electron chi connectivity index (χ2n) is 5.18. The van der Waals surface area contributed by atoms with E-state index in [2.05, 4.69) is 36.1 Å². The van der Waals surface area contributed by atoms with Crippen LogP contribution in [0, 0.1) is 5.82 Å². The van der Waals surface area contributed by atoms with Gasteiger partial charge in [0.25, 0.3) is 0 Å². The van der Waals surface area contributed by atoms with Crippen LogP contribution in [0.25, 0.3) is 0 Å². The van der Waals surface area contributed by atoms with Gasteiger partial charge in [-0.15, -0.1) is 0 Å². The molecule has 0 saturated carbocycles.